The van der Waals surface area contributed by atoms with Crippen LogP contribution in [0.4, 0.5) is 0 Å². The molecule has 2 rings (SSSR count). The van der Waals surface area contributed by atoms with Crippen molar-refractivity contribution in [2.24, 2.45) is 0 Å². The minimum Gasteiger partial charge on any atom is -0.457 e. The highest BCUT2D eigenvalue weighted by Gasteiger charge is 2.06. The van der Waals surface area contributed by atoms with E-state index in [1.165, 1.54) is 0 Å². The molecular weight excluding hydrogens is 326 g/mol. The van der Waals surface area contributed by atoms with Crippen molar-refractivity contribution in [3.8, 4) is 17.6 Å². The molecule has 0 amide bonds. The number of hydrogen-bond acceptors (Lipinski definition) is 2. The molecular formula is C15H11BrClNO. The number of ether oxygens (including phenoxy) is 1. The fourth-order valence-electron chi connectivity index (χ4n) is 1.79. The first-order chi connectivity index (χ1) is 8.99. The van der Waals surface area contributed by atoms with E-state index in [2.05, 4.69) is 22.0 Å². The predicted octanol–water partition coefficient (Wildman–Crippen LogP) is 5.38. The molecule has 0 saturated heterocycles. The van der Waals surface area contributed by atoms with Gasteiger partial charge in [0.25, 0.3) is 0 Å². The third kappa shape index (κ3) is 3.28. The van der Waals surface area contributed by atoms with Crippen LogP contribution in [-0.2, 0) is 0 Å². The van der Waals surface area contributed by atoms with Gasteiger partial charge in [0.15, 0.2) is 0 Å². The zero-order valence-electron chi connectivity index (χ0n) is 10.5. The molecule has 2 aromatic rings. The van der Waals surface area contributed by atoms with Crippen molar-refractivity contribution in [3.05, 3.63) is 56.5 Å². The van der Waals surface area contributed by atoms with Gasteiger partial charge >= 0.3 is 0 Å². The van der Waals surface area contributed by atoms with Crippen LogP contribution < -0.4 is 4.74 Å². The largest absolute Gasteiger partial charge is 0.457 e. The van der Waals surface area contributed by atoms with Crippen LogP contribution >= 0.6 is 27.5 Å². The summed E-state index contributed by atoms with van der Waals surface area (Å²) in [5.74, 6) is 1.33. The van der Waals surface area contributed by atoms with E-state index in [1.54, 1.807) is 12.1 Å². The van der Waals surface area contributed by atoms with Crippen molar-refractivity contribution in [1.82, 2.24) is 0 Å². The molecule has 0 saturated carbocycles. The minimum absolute atomic E-state index is 0.548. The lowest BCUT2D eigenvalue weighted by Gasteiger charge is -2.10. The Hall–Kier alpha value is -1.50. The summed E-state index contributed by atoms with van der Waals surface area (Å²) in [6, 6.07) is 11.1. The summed E-state index contributed by atoms with van der Waals surface area (Å²) in [6.45, 7) is 3.87. The van der Waals surface area contributed by atoms with Gasteiger partial charge in [-0.15, -0.1) is 0 Å². The Kier molecular flexibility index (Phi) is 4.14. The number of nitriles is 1. The van der Waals surface area contributed by atoms with Crippen molar-refractivity contribution in [1.29, 1.82) is 5.26 Å². The van der Waals surface area contributed by atoms with Gasteiger partial charge in [-0.2, -0.15) is 5.26 Å². The lowest BCUT2D eigenvalue weighted by Crippen LogP contribution is -1.89. The molecule has 0 unspecified atom stereocenters. The first-order valence-corrected chi connectivity index (χ1v) is 6.82. The van der Waals surface area contributed by atoms with E-state index in [-0.39, 0.29) is 0 Å². The molecule has 0 aromatic heterocycles. The smallest absolute Gasteiger partial charge is 0.129 e. The van der Waals surface area contributed by atoms with E-state index in [1.807, 2.05) is 32.0 Å². The van der Waals surface area contributed by atoms with Gasteiger partial charge in [0.1, 0.15) is 11.5 Å². The molecule has 19 heavy (non-hydrogen) atoms. The van der Waals surface area contributed by atoms with Gasteiger partial charge in [0.05, 0.1) is 11.6 Å². The molecule has 4 heteroatoms. The van der Waals surface area contributed by atoms with E-state index in [0.29, 0.717) is 17.1 Å². The van der Waals surface area contributed by atoms with Crippen LogP contribution in [0.25, 0.3) is 0 Å². The molecule has 2 aromatic carbocycles. The highest BCUT2D eigenvalue weighted by atomic mass is 79.9. The number of halogens is 2. The van der Waals surface area contributed by atoms with Gasteiger partial charge in [-0.3, -0.25) is 0 Å². The first-order valence-electron chi connectivity index (χ1n) is 5.65. The van der Waals surface area contributed by atoms with Crippen LogP contribution in [0.15, 0.2) is 34.8 Å². The van der Waals surface area contributed by atoms with E-state index < -0.39 is 0 Å². The van der Waals surface area contributed by atoms with Crippen molar-refractivity contribution in [2.75, 3.05) is 0 Å². The molecule has 0 spiro atoms. The van der Waals surface area contributed by atoms with Gasteiger partial charge in [-0.05, 0) is 55.3 Å². The molecule has 0 bridgehead atoms. The van der Waals surface area contributed by atoms with Crippen molar-refractivity contribution >= 4 is 27.5 Å². The second-order valence-corrected chi connectivity index (χ2v) is 5.55. The minimum atomic E-state index is 0.548. The number of aryl methyl sites for hydroxylation is 2. The van der Waals surface area contributed by atoms with Gasteiger partial charge in [-0.1, -0.05) is 27.5 Å². The fourth-order valence-corrected chi connectivity index (χ4v) is 2.37. The third-order valence-corrected chi connectivity index (χ3v) is 3.70. The van der Waals surface area contributed by atoms with E-state index in [4.69, 9.17) is 21.6 Å². The van der Waals surface area contributed by atoms with Crippen LogP contribution in [-0.4, -0.2) is 0 Å². The molecule has 0 N–H and O–H groups in total. The molecule has 96 valence electrons. The molecule has 0 aliphatic carbocycles. The summed E-state index contributed by atoms with van der Waals surface area (Å²) in [6.07, 6.45) is 0. The zero-order chi connectivity index (χ0) is 14.0. The van der Waals surface area contributed by atoms with Gasteiger partial charge in [-0.25, -0.2) is 0 Å². The second-order valence-electron chi connectivity index (χ2n) is 4.26. The molecule has 0 aliphatic heterocycles. The fraction of sp³-hybridized carbons (Fsp3) is 0.133. The first kappa shape index (κ1) is 13.9. The van der Waals surface area contributed by atoms with Crippen molar-refractivity contribution in [2.45, 2.75) is 13.8 Å². The SMILES string of the molecule is Cc1cc(Oc2cc(Br)cc(C#N)c2)cc(C)c1Cl. The number of rotatable bonds is 2. The number of hydrogen-bond donors (Lipinski definition) is 0. The quantitative estimate of drug-likeness (QED) is 0.737. The lowest BCUT2D eigenvalue weighted by molar-refractivity contribution is 0.481. The summed E-state index contributed by atoms with van der Waals surface area (Å²) in [7, 11) is 0. The standard InChI is InChI=1S/C15H11BrClNO/c1-9-3-13(4-10(2)15(9)17)19-14-6-11(8-18)5-12(16)7-14/h3-7H,1-2H3. The Morgan fingerprint density at radius 1 is 1.05 bits per heavy atom. The third-order valence-electron chi connectivity index (χ3n) is 2.65. The maximum atomic E-state index is 8.93. The van der Waals surface area contributed by atoms with Crippen LogP contribution in [0, 0.1) is 25.2 Å². The van der Waals surface area contributed by atoms with E-state index >= 15 is 0 Å². The van der Waals surface area contributed by atoms with Crippen molar-refractivity contribution < 1.29 is 4.74 Å². The van der Waals surface area contributed by atoms with E-state index in [0.717, 1.165) is 20.6 Å². The van der Waals surface area contributed by atoms with Crippen LogP contribution in [0.2, 0.25) is 5.02 Å². The average molecular weight is 337 g/mol. The van der Waals surface area contributed by atoms with Crippen LogP contribution in [0.1, 0.15) is 16.7 Å². The highest BCUT2D eigenvalue weighted by Crippen LogP contribution is 2.30. The summed E-state index contributed by atoms with van der Waals surface area (Å²) < 4.78 is 6.59. The highest BCUT2D eigenvalue weighted by molar-refractivity contribution is 9.10. The molecule has 0 aliphatic rings. The maximum Gasteiger partial charge on any atom is 0.129 e. The molecule has 0 heterocycles. The van der Waals surface area contributed by atoms with E-state index in [9.17, 15) is 0 Å². The molecule has 0 radical (unpaired) electrons. The summed E-state index contributed by atoms with van der Waals surface area (Å²) in [5.41, 5.74) is 2.48. The summed E-state index contributed by atoms with van der Waals surface area (Å²) >= 11 is 9.47. The molecule has 0 atom stereocenters. The number of nitrogens with zero attached hydrogens (tertiary/aromatic N) is 1. The topological polar surface area (TPSA) is 33.0 Å². The number of benzene rings is 2. The van der Waals surface area contributed by atoms with Gasteiger partial charge in [0, 0.05) is 9.50 Å². The second kappa shape index (κ2) is 5.64. The molecule has 2 nitrogen and oxygen atoms in total. The van der Waals surface area contributed by atoms with Crippen molar-refractivity contribution in [3.63, 3.8) is 0 Å². The van der Waals surface area contributed by atoms with Crippen LogP contribution in [0.3, 0.4) is 0 Å². The Labute approximate surface area is 125 Å². The van der Waals surface area contributed by atoms with Crippen LogP contribution in [0.5, 0.6) is 11.5 Å². The Bertz CT molecular complexity index is 653. The zero-order valence-corrected chi connectivity index (χ0v) is 12.8. The maximum absolute atomic E-state index is 8.93. The monoisotopic (exact) mass is 335 g/mol. The Balaban J connectivity index is 2.36. The Morgan fingerprint density at radius 3 is 2.21 bits per heavy atom. The predicted molar refractivity (Wildman–Crippen MR) is 79.9 cm³/mol. The summed E-state index contributed by atoms with van der Waals surface area (Å²) in [5, 5.41) is 9.68. The summed E-state index contributed by atoms with van der Waals surface area (Å²) in [4.78, 5) is 0. The lowest BCUT2D eigenvalue weighted by atomic mass is 10.1. The molecule has 0 fully saturated rings. The average Bonchev–Trinajstić information content (AvgIpc) is 2.35. The van der Waals surface area contributed by atoms with Gasteiger partial charge < -0.3 is 4.74 Å². The normalized spacial score (nSPS) is 10.1. The van der Waals surface area contributed by atoms with Gasteiger partial charge in [0.2, 0.25) is 0 Å². The Morgan fingerprint density at radius 2 is 1.63 bits per heavy atom.